The number of hydrogen-bond acceptors (Lipinski definition) is 7. The highest BCUT2D eigenvalue weighted by atomic mass is 32.2. The number of hydrogen-bond donors (Lipinski definition) is 0. The van der Waals surface area contributed by atoms with Crippen molar-refractivity contribution in [3.8, 4) is 28.6 Å². The van der Waals surface area contributed by atoms with Crippen molar-refractivity contribution >= 4 is 26.8 Å². The zero-order valence-electron chi connectivity index (χ0n) is 19.5. The van der Waals surface area contributed by atoms with E-state index in [1.54, 1.807) is 61.3 Å². The topological polar surface area (TPSA) is 104 Å². The molecule has 2 aromatic carbocycles. The number of sulfone groups is 1. The average molecular weight is 499 g/mol. The molecule has 0 saturated heterocycles. The summed E-state index contributed by atoms with van der Waals surface area (Å²) in [6, 6.07) is 12.7. The third-order valence-corrected chi connectivity index (χ3v) is 6.24. The molecule has 0 atom stereocenters. The highest BCUT2D eigenvalue weighted by Gasteiger charge is 2.21. The van der Waals surface area contributed by atoms with E-state index in [2.05, 4.69) is 9.97 Å². The van der Waals surface area contributed by atoms with E-state index in [9.17, 15) is 17.6 Å². The van der Waals surface area contributed by atoms with E-state index in [4.69, 9.17) is 9.47 Å². The minimum absolute atomic E-state index is 0.0448. The number of halogens is 1. The molecular weight excluding hydrogens is 475 g/mol. The second-order valence-corrected chi connectivity index (χ2v) is 9.90. The molecule has 2 heterocycles. The van der Waals surface area contributed by atoms with Gasteiger partial charge in [-0.15, -0.1) is 0 Å². The van der Waals surface area contributed by atoms with E-state index in [-0.39, 0.29) is 29.1 Å². The maximum atomic E-state index is 14.3. The van der Waals surface area contributed by atoms with Crippen LogP contribution in [0.1, 0.15) is 0 Å². The normalized spacial score (nSPS) is 11.5. The number of likely N-dealkylation sites (N-methyl/N-ethyl adjacent to an activating group) is 1. The molecule has 0 fully saturated rings. The molecule has 4 rings (SSSR count). The molecule has 2 aromatic heterocycles. The number of benzene rings is 2. The molecule has 11 heteroatoms. The Labute approximate surface area is 201 Å². The van der Waals surface area contributed by atoms with Gasteiger partial charge >= 0.3 is 0 Å². The number of carbonyl (C=O) groups is 1. The Morgan fingerprint density at radius 2 is 1.89 bits per heavy atom. The van der Waals surface area contributed by atoms with Crippen molar-refractivity contribution in [2.45, 2.75) is 5.03 Å². The lowest BCUT2D eigenvalue weighted by molar-refractivity contribution is -0.130. The summed E-state index contributed by atoms with van der Waals surface area (Å²) in [6.07, 6.45) is 2.72. The van der Waals surface area contributed by atoms with Crippen molar-refractivity contribution in [1.82, 2.24) is 19.4 Å². The third kappa shape index (κ3) is 4.94. The van der Waals surface area contributed by atoms with E-state index in [1.807, 2.05) is 0 Å². The van der Waals surface area contributed by atoms with Gasteiger partial charge in [0.2, 0.25) is 0 Å². The first kappa shape index (κ1) is 24.1. The van der Waals surface area contributed by atoms with Crippen LogP contribution in [0.2, 0.25) is 0 Å². The van der Waals surface area contributed by atoms with Gasteiger partial charge in [-0.25, -0.2) is 22.8 Å². The fourth-order valence-electron chi connectivity index (χ4n) is 3.41. The minimum Gasteiger partial charge on any atom is -0.494 e. The molecule has 1 amide bonds. The number of carbonyl (C=O) groups excluding carboxylic acids is 1. The van der Waals surface area contributed by atoms with Crippen molar-refractivity contribution in [2.24, 2.45) is 0 Å². The number of methoxy groups -OCH3 is 1. The van der Waals surface area contributed by atoms with Crippen molar-refractivity contribution in [3.63, 3.8) is 0 Å². The van der Waals surface area contributed by atoms with Crippen LogP contribution in [0.5, 0.6) is 11.5 Å². The summed E-state index contributed by atoms with van der Waals surface area (Å²) in [7, 11) is 0.891. The van der Waals surface area contributed by atoms with Crippen molar-refractivity contribution in [2.75, 3.05) is 34.1 Å². The summed E-state index contributed by atoms with van der Waals surface area (Å²) in [6.45, 7) is -0.129. The quantitative estimate of drug-likeness (QED) is 0.361. The number of ether oxygens (including phenoxy) is 2. The molecule has 0 saturated carbocycles. The lowest BCUT2D eigenvalue weighted by atomic mass is 10.2. The highest BCUT2D eigenvalue weighted by molar-refractivity contribution is 7.90. The Morgan fingerprint density at radius 1 is 1.11 bits per heavy atom. The summed E-state index contributed by atoms with van der Waals surface area (Å²) < 4.78 is 51.7. The van der Waals surface area contributed by atoms with Crippen LogP contribution in [0.15, 0.2) is 59.8 Å². The Morgan fingerprint density at radius 3 is 2.54 bits per heavy atom. The Balaban J connectivity index is 1.84. The molecule has 0 N–H and O–H groups in total. The van der Waals surface area contributed by atoms with Crippen LogP contribution >= 0.6 is 0 Å². The molecule has 9 nitrogen and oxygen atoms in total. The van der Waals surface area contributed by atoms with Crippen molar-refractivity contribution in [3.05, 3.63) is 60.5 Å². The van der Waals surface area contributed by atoms with Gasteiger partial charge in [-0.2, -0.15) is 0 Å². The van der Waals surface area contributed by atoms with Gasteiger partial charge in [0.1, 0.15) is 11.4 Å². The summed E-state index contributed by atoms with van der Waals surface area (Å²) in [5.41, 5.74) is 1.23. The second kappa shape index (κ2) is 9.34. The monoisotopic (exact) mass is 498 g/mol. The van der Waals surface area contributed by atoms with Crippen LogP contribution in [0.4, 0.5) is 4.39 Å². The number of amides is 1. The molecule has 0 unspecified atom stereocenters. The first-order chi connectivity index (χ1) is 16.6. The van der Waals surface area contributed by atoms with Gasteiger partial charge in [-0.3, -0.25) is 4.79 Å². The molecule has 35 heavy (non-hydrogen) atoms. The standard InChI is InChI=1S/C24H23FN4O5S/c1-28(2)21(30)14-34-17-7-5-6-16(13-17)29-11-10-18-23(29)26-22(27-24(18)35(4,31)32)15-8-9-20(33-3)19(25)12-15/h5-13H,14H2,1-4H3. The minimum atomic E-state index is -3.74. The summed E-state index contributed by atoms with van der Waals surface area (Å²) in [5.74, 6) is -0.269. The molecule has 4 aromatic rings. The fourth-order valence-corrected chi connectivity index (χ4v) is 4.22. The van der Waals surface area contributed by atoms with Gasteiger partial charge in [0.15, 0.2) is 38.9 Å². The lowest BCUT2D eigenvalue weighted by Gasteiger charge is -2.13. The molecule has 0 aliphatic carbocycles. The van der Waals surface area contributed by atoms with Crippen LogP contribution < -0.4 is 9.47 Å². The molecule has 182 valence electrons. The maximum absolute atomic E-state index is 14.3. The maximum Gasteiger partial charge on any atom is 0.259 e. The molecule has 0 radical (unpaired) electrons. The Bertz CT molecular complexity index is 1530. The van der Waals surface area contributed by atoms with E-state index < -0.39 is 15.7 Å². The SMILES string of the molecule is COc1ccc(-c2nc(S(C)(=O)=O)c3ccn(-c4cccc(OCC(=O)N(C)C)c4)c3n2)cc1F. The van der Waals surface area contributed by atoms with Crippen LogP contribution in [-0.4, -0.2) is 67.8 Å². The first-order valence-corrected chi connectivity index (χ1v) is 12.3. The predicted molar refractivity (Wildman–Crippen MR) is 128 cm³/mol. The van der Waals surface area contributed by atoms with Crippen molar-refractivity contribution < 1.29 is 27.1 Å². The van der Waals surface area contributed by atoms with Gasteiger partial charge in [-0.05, 0) is 36.4 Å². The van der Waals surface area contributed by atoms with E-state index >= 15 is 0 Å². The van der Waals surface area contributed by atoms with Gasteiger partial charge in [0.25, 0.3) is 5.91 Å². The molecule has 0 aliphatic rings. The largest absolute Gasteiger partial charge is 0.494 e. The summed E-state index contributed by atoms with van der Waals surface area (Å²) in [4.78, 5) is 22.1. The lowest BCUT2D eigenvalue weighted by Crippen LogP contribution is -2.27. The summed E-state index contributed by atoms with van der Waals surface area (Å²) >= 11 is 0. The smallest absolute Gasteiger partial charge is 0.259 e. The number of fused-ring (bicyclic) bond motifs is 1. The second-order valence-electron chi connectivity index (χ2n) is 7.97. The zero-order valence-corrected chi connectivity index (χ0v) is 20.3. The van der Waals surface area contributed by atoms with E-state index in [0.717, 1.165) is 6.26 Å². The predicted octanol–water partition coefficient (Wildman–Crippen LogP) is 3.11. The van der Waals surface area contributed by atoms with E-state index in [0.29, 0.717) is 28.0 Å². The number of nitrogens with zero attached hydrogens (tertiary/aromatic N) is 4. The van der Waals surface area contributed by atoms with Crippen LogP contribution in [-0.2, 0) is 14.6 Å². The van der Waals surface area contributed by atoms with Crippen LogP contribution in [0.25, 0.3) is 28.1 Å². The van der Waals surface area contributed by atoms with Gasteiger partial charge in [-0.1, -0.05) is 6.07 Å². The number of rotatable bonds is 7. The van der Waals surface area contributed by atoms with Gasteiger partial charge in [0.05, 0.1) is 18.2 Å². The zero-order chi connectivity index (χ0) is 25.3. The molecule has 0 bridgehead atoms. The highest BCUT2D eigenvalue weighted by Crippen LogP contribution is 2.30. The Kier molecular flexibility index (Phi) is 6.44. The molecule has 0 spiro atoms. The van der Waals surface area contributed by atoms with Crippen LogP contribution in [0.3, 0.4) is 0 Å². The van der Waals surface area contributed by atoms with E-state index in [1.165, 1.54) is 24.1 Å². The molecule has 0 aliphatic heterocycles. The van der Waals surface area contributed by atoms with Gasteiger partial charge < -0.3 is 18.9 Å². The van der Waals surface area contributed by atoms with Gasteiger partial charge in [0, 0.05) is 38.2 Å². The average Bonchev–Trinajstić information content (AvgIpc) is 3.25. The first-order valence-electron chi connectivity index (χ1n) is 10.4. The molecular formula is C24H23FN4O5S. The van der Waals surface area contributed by atoms with Crippen molar-refractivity contribution in [1.29, 1.82) is 0 Å². The number of aromatic nitrogens is 3. The fraction of sp³-hybridized carbons (Fsp3) is 0.208. The Hall–Kier alpha value is -3.99. The third-order valence-electron chi connectivity index (χ3n) is 5.23. The summed E-state index contributed by atoms with van der Waals surface area (Å²) in [5, 5.41) is 0.149. The van der Waals surface area contributed by atoms with Crippen LogP contribution in [0, 0.1) is 5.82 Å².